The van der Waals surface area contributed by atoms with Crippen LogP contribution in [0.2, 0.25) is 0 Å². The minimum atomic E-state index is -0.792. The first-order valence-electron chi connectivity index (χ1n) is 16.9. The number of amides is 1. The second-order valence-electron chi connectivity index (χ2n) is 12.1. The van der Waals surface area contributed by atoms with Crippen molar-refractivity contribution in [1.82, 2.24) is 9.47 Å². The van der Waals surface area contributed by atoms with Crippen LogP contribution in [0, 0.1) is 11.1 Å². The molecule has 15 heteroatoms. The molecule has 2 aliphatic heterocycles. The van der Waals surface area contributed by atoms with Crippen LogP contribution in [0.1, 0.15) is 73.7 Å². The normalized spacial score (nSPS) is 20.0. The summed E-state index contributed by atoms with van der Waals surface area (Å²) in [6.07, 6.45) is 6.88. The second kappa shape index (κ2) is 16.8. The molecule has 2 N–H and O–H groups in total. The SMILES string of the molecule is CCSC(SCC)[C@@H]1CCCN1C(=O)c1cc(OC)c(OCCCOc2cn3c(c2OC)C=[N+]([O-])C2=CCC(OC(C)=O)CC2C3=O)cc1N. The largest absolute Gasteiger partial charge is 0.618 e. The molecule has 13 nitrogen and oxygen atoms in total. The first-order valence-corrected chi connectivity index (χ1v) is 19.0. The highest BCUT2D eigenvalue weighted by molar-refractivity contribution is 8.17. The molecule has 3 heterocycles. The van der Waals surface area contributed by atoms with Gasteiger partial charge in [0, 0.05) is 44.5 Å². The Labute approximate surface area is 301 Å². The number of anilines is 1. The van der Waals surface area contributed by atoms with E-state index in [0.29, 0.717) is 62.9 Å². The number of carbonyl (C=O) groups is 3. The molecule has 0 bridgehead atoms. The monoisotopic (exact) mass is 730 g/mol. The topological polar surface area (TPSA) is 158 Å². The van der Waals surface area contributed by atoms with Crippen LogP contribution >= 0.6 is 23.5 Å². The number of allylic oxidation sites excluding steroid dienone is 1. The van der Waals surface area contributed by atoms with Crippen LogP contribution in [0.3, 0.4) is 0 Å². The Hall–Kier alpha value is -3.98. The minimum absolute atomic E-state index is 0.0997. The molecule has 1 amide bonds. The summed E-state index contributed by atoms with van der Waals surface area (Å²) in [5, 5.41) is 13.1. The fourth-order valence-corrected chi connectivity index (χ4v) is 9.53. The van der Waals surface area contributed by atoms with E-state index in [1.165, 1.54) is 38.1 Å². The molecule has 2 aromatic rings. The van der Waals surface area contributed by atoms with Gasteiger partial charge >= 0.3 is 5.97 Å². The molecule has 1 aromatic heterocycles. The van der Waals surface area contributed by atoms with Crippen molar-refractivity contribution < 1.29 is 42.8 Å². The van der Waals surface area contributed by atoms with Crippen LogP contribution in [-0.4, -0.2) is 100 Å². The van der Waals surface area contributed by atoms with Gasteiger partial charge in [0.1, 0.15) is 12.0 Å². The number of thioether (sulfide) groups is 2. The number of fused-ring (bicyclic) bond motifs is 2. The van der Waals surface area contributed by atoms with E-state index in [2.05, 4.69) is 13.8 Å². The predicted octanol–water partition coefficient (Wildman–Crippen LogP) is 5.18. The summed E-state index contributed by atoms with van der Waals surface area (Å²) in [5.41, 5.74) is 7.71. The zero-order valence-electron chi connectivity index (χ0n) is 29.2. The number of hydrogen-bond acceptors (Lipinski definition) is 12. The van der Waals surface area contributed by atoms with E-state index < -0.39 is 18.0 Å². The molecule has 1 fully saturated rings. The van der Waals surface area contributed by atoms with Crippen LogP contribution in [0.5, 0.6) is 23.0 Å². The number of hydroxylamine groups is 1. The highest BCUT2D eigenvalue weighted by Crippen LogP contribution is 2.40. The molecule has 1 saturated heterocycles. The number of likely N-dealkylation sites (tertiary alicyclic amines) is 1. The van der Waals surface area contributed by atoms with Crippen molar-refractivity contribution in [3.05, 3.63) is 46.6 Å². The third-order valence-electron chi connectivity index (χ3n) is 8.88. The van der Waals surface area contributed by atoms with Gasteiger partial charge in [-0.05, 0) is 36.5 Å². The second-order valence-corrected chi connectivity index (χ2v) is 15.2. The summed E-state index contributed by atoms with van der Waals surface area (Å²) < 4.78 is 30.8. The van der Waals surface area contributed by atoms with Gasteiger partial charge in [0.15, 0.2) is 28.7 Å². The van der Waals surface area contributed by atoms with Crippen molar-refractivity contribution in [2.45, 2.75) is 69.6 Å². The molecular weight excluding hydrogens is 685 g/mol. The fraction of sp³-hybridized carbons (Fsp3) is 0.543. The molecular formula is C35H46N4O9S2. The number of nitrogen functional groups attached to an aromatic ring is 1. The highest BCUT2D eigenvalue weighted by atomic mass is 32.2. The van der Waals surface area contributed by atoms with Gasteiger partial charge in [-0.2, -0.15) is 4.74 Å². The lowest BCUT2D eigenvalue weighted by Crippen LogP contribution is -2.41. The zero-order valence-corrected chi connectivity index (χ0v) is 30.8. The van der Waals surface area contributed by atoms with Crippen molar-refractivity contribution in [3.63, 3.8) is 0 Å². The van der Waals surface area contributed by atoms with Gasteiger partial charge in [-0.25, -0.2) is 0 Å². The Bertz CT molecular complexity index is 1640. The van der Waals surface area contributed by atoms with Crippen LogP contribution in [0.25, 0.3) is 0 Å². The molecule has 0 saturated carbocycles. The van der Waals surface area contributed by atoms with Gasteiger partial charge < -0.3 is 39.5 Å². The van der Waals surface area contributed by atoms with E-state index in [4.69, 9.17) is 29.4 Å². The summed E-state index contributed by atoms with van der Waals surface area (Å²) in [7, 11) is 2.96. The average Bonchev–Trinajstić information content (AvgIpc) is 3.70. The smallest absolute Gasteiger partial charge is 0.302 e. The minimum Gasteiger partial charge on any atom is -0.618 e. The summed E-state index contributed by atoms with van der Waals surface area (Å²) >= 11 is 3.77. The maximum atomic E-state index is 13.7. The van der Waals surface area contributed by atoms with Gasteiger partial charge in [0.05, 0.1) is 49.8 Å². The Kier molecular flexibility index (Phi) is 12.5. The van der Waals surface area contributed by atoms with Crippen LogP contribution in [-0.2, 0) is 9.53 Å². The Morgan fingerprint density at radius 1 is 1.08 bits per heavy atom. The summed E-state index contributed by atoms with van der Waals surface area (Å²) in [6, 6.07) is 3.42. The maximum Gasteiger partial charge on any atom is 0.302 e. The van der Waals surface area contributed by atoms with Gasteiger partial charge in [-0.3, -0.25) is 19.0 Å². The van der Waals surface area contributed by atoms with Gasteiger partial charge in [0.2, 0.25) is 17.8 Å². The van der Waals surface area contributed by atoms with Crippen LogP contribution in [0.4, 0.5) is 5.69 Å². The van der Waals surface area contributed by atoms with Crippen LogP contribution in [0.15, 0.2) is 30.1 Å². The molecule has 5 rings (SSSR count). The number of aromatic nitrogens is 1. The number of carbonyl (C=O) groups excluding carboxylic acids is 3. The summed E-state index contributed by atoms with van der Waals surface area (Å²) in [4.78, 5) is 40.8. The maximum absolute atomic E-state index is 13.7. The average molecular weight is 731 g/mol. The number of rotatable bonds is 15. The fourth-order valence-electron chi connectivity index (χ4n) is 6.66. The zero-order chi connectivity index (χ0) is 35.9. The number of methoxy groups -OCH3 is 2. The molecule has 1 aliphatic carbocycles. The molecule has 1 aromatic carbocycles. The first kappa shape index (κ1) is 37.3. The van der Waals surface area contributed by atoms with Gasteiger partial charge in [-0.15, -0.1) is 23.5 Å². The molecule has 3 aliphatic rings. The quantitative estimate of drug-likeness (QED) is 0.0641. The van der Waals surface area contributed by atoms with Gasteiger partial charge in [-0.1, -0.05) is 13.8 Å². The third kappa shape index (κ3) is 7.98. The van der Waals surface area contributed by atoms with Crippen molar-refractivity contribution in [2.75, 3.05) is 51.2 Å². The Morgan fingerprint density at radius 3 is 2.46 bits per heavy atom. The van der Waals surface area contributed by atoms with Crippen molar-refractivity contribution in [2.24, 2.45) is 5.92 Å². The Morgan fingerprint density at radius 2 is 1.80 bits per heavy atom. The van der Waals surface area contributed by atoms with E-state index in [1.54, 1.807) is 18.2 Å². The number of benzene rings is 1. The van der Waals surface area contributed by atoms with Crippen molar-refractivity contribution in [1.29, 1.82) is 0 Å². The lowest BCUT2D eigenvalue weighted by Gasteiger charge is -2.31. The molecule has 3 atom stereocenters. The third-order valence-corrected chi connectivity index (χ3v) is 11.6. The lowest BCUT2D eigenvalue weighted by molar-refractivity contribution is -0.404. The van der Waals surface area contributed by atoms with Crippen LogP contribution < -0.4 is 24.7 Å². The van der Waals surface area contributed by atoms with E-state index in [-0.39, 0.29) is 48.9 Å². The lowest BCUT2D eigenvalue weighted by atomic mass is 9.89. The Balaban J connectivity index is 1.22. The number of hydrogen-bond donors (Lipinski definition) is 1. The summed E-state index contributed by atoms with van der Waals surface area (Å²) in [6.45, 7) is 6.74. The molecule has 50 heavy (non-hydrogen) atoms. The van der Waals surface area contributed by atoms with E-state index in [9.17, 15) is 19.6 Å². The van der Waals surface area contributed by atoms with Gasteiger partial charge in [0.25, 0.3) is 5.91 Å². The number of nitrogens with zero attached hydrogens (tertiary/aromatic N) is 3. The molecule has 0 spiro atoms. The predicted molar refractivity (Wildman–Crippen MR) is 194 cm³/mol. The summed E-state index contributed by atoms with van der Waals surface area (Å²) in [5.74, 6) is 1.65. The number of ether oxygens (including phenoxy) is 5. The van der Waals surface area contributed by atoms with E-state index in [0.717, 1.165) is 24.3 Å². The molecule has 2 unspecified atom stereocenters. The molecule has 0 radical (unpaired) electrons. The highest BCUT2D eigenvalue weighted by Gasteiger charge is 2.41. The van der Waals surface area contributed by atoms with Crippen molar-refractivity contribution >= 4 is 53.2 Å². The molecule has 272 valence electrons. The van der Waals surface area contributed by atoms with Crippen molar-refractivity contribution in [3.8, 4) is 23.0 Å². The van der Waals surface area contributed by atoms with E-state index in [1.807, 2.05) is 28.4 Å². The van der Waals surface area contributed by atoms with E-state index >= 15 is 0 Å². The number of nitrogens with two attached hydrogens (primary N) is 1. The standard InChI is InChI=1S/C35H46N4O9S2/c1-6-49-35(50-7-2)27-10-8-13-37(27)33(41)23-17-29(44-4)30(18-25(23)36)46-14-9-15-47-31-20-38-28(32(31)45-5)19-39(43)26-12-11-22(48-21(3)40)16-24(26)34(38)42/h12,17-20,22,24,27,35H,6-11,13-16,36H2,1-5H3/t22?,24?,27-/m0/s1. The first-order chi connectivity index (χ1) is 24.1. The number of esters is 1.